The summed E-state index contributed by atoms with van der Waals surface area (Å²) in [5.74, 6) is -1.59. The Labute approximate surface area is 101 Å². The molecule has 0 saturated heterocycles. The van der Waals surface area contributed by atoms with Gasteiger partial charge in [-0.2, -0.15) is 0 Å². The maximum atomic E-state index is 11.5. The third kappa shape index (κ3) is 3.31. The number of amides is 1. The lowest BCUT2D eigenvalue weighted by molar-refractivity contribution is -0.152. The molecule has 1 amide bonds. The molecule has 92 valence electrons. The van der Waals surface area contributed by atoms with Gasteiger partial charge in [-0.05, 0) is 38.8 Å². The fourth-order valence-corrected chi connectivity index (χ4v) is 1.74. The zero-order chi connectivity index (χ0) is 13.0. The van der Waals surface area contributed by atoms with Crippen molar-refractivity contribution in [2.45, 2.75) is 27.7 Å². The fourth-order valence-electron chi connectivity index (χ4n) is 1.74. The molecule has 1 N–H and O–H groups in total. The fraction of sp³-hybridized carbons (Fsp3) is 0.385. The Morgan fingerprint density at radius 2 is 1.71 bits per heavy atom. The molecular weight excluding hydrogens is 218 g/mol. The quantitative estimate of drug-likeness (QED) is 0.631. The van der Waals surface area contributed by atoms with E-state index in [2.05, 4.69) is 10.1 Å². The van der Waals surface area contributed by atoms with Crippen molar-refractivity contribution in [3.8, 4) is 0 Å². The highest BCUT2D eigenvalue weighted by atomic mass is 16.5. The molecule has 1 aromatic rings. The highest BCUT2D eigenvalue weighted by molar-refractivity contribution is 6.37. The topological polar surface area (TPSA) is 55.4 Å². The van der Waals surface area contributed by atoms with E-state index in [-0.39, 0.29) is 6.61 Å². The Morgan fingerprint density at radius 3 is 2.18 bits per heavy atom. The van der Waals surface area contributed by atoms with Crippen molar-refractivity contribution in [1.82, 2.24) is 0 Å². The number of esters is 1. The molecule has 0 unspecified atom stereocenters. The number of carbonyl (C=O) groups excluding carboxylic acids is 2. The van der Waals surface area contributed by atoms with Gasteiger partial charge < -0.3 is 10.1 Å². The number of nitrogens with one attached hydrogen (secondary N) is 1. The maximum Gasteiger partial charge on any atom is 0.397 e. The van der Waals surface area contributed by atoms with Gasteiger partial charge in [0.1, 0.15) is 0 Å². The van der Waals surface area contributed by atoms with Crippen molar-refractivity contribution >= 4 is 17.6 Å². The molecule has 0 aliphatic heterocycles. The van der Waals surface area contributed by atoms with Gasteiger partial charge in [0.05, 0.1) is 6.61 Å². The van der Waals surface area contributed by atoms with Crippen LogP contribution in [-0.4, -0.2) is 18.5 Å². The second-order valence-electron chi connectivity index (χ2n) is 3.95. The first-order valence-electron chi connectivity index (χ1n) is 5.51. The number of benzene rings is 1. The van der Waals surface area contributed by atoms with Gasteiger partial charge in [-0.1, -0.05) is 17.7 Å². The Morgan fingerprint density at radius 1 is 1.18 bits per heavy atom. The van der Waals surface area contributed by atoms with Gasteiger partial charge in [0.15, 0.2) is 0 Å². The molecule has 0 bridgehead atoms. The predicted molar refractivity (Wildman–Crippen MR) is 65.9 cm³/mol. The van der Waals surface area contributed by atoms with Gasteiger partial charge in [0, 0.05) is 5.69 Å². The average Bonchev–Trinajstić information content (AvgIpc) is 2.23. The average molecular weight is 235 g/mol. The van der Waals surface area contributed by atoms with E-state index in [1.807, 2.05) is 32.9 Å². The van der Waals surface area contributed by atoms with Gasteiger partial charge >= 0.3 is 11.9 Å². The van der Waals surface area contributed by atoms with Crippen LogP contribution in [0.4, 0.5) is 5.69 Å². The van der Waals surface area contributed by atoms with Crippen molar-refractivity contribution in [2.24, 2.45) is 0 Å². The van der Waals surface area contributed by atoms with Crippen LogP contribution in [0.5, 0.6) is 0 Å². The predicted octanol–water partition coefficient (Wildman–Crippen LogP) is 2.11. The summed E-state index contributed by atoms with van der Waals surface area (Å²) in [4.78, 5) is 22.7. The Balaban J connectivity index is 2.89. The number of carbonyl (C=O) groups is 2. The molecule has 0 atom stereocenters. The van der Waals surface area contributed by atoms with Crippen LogP contribution in [0.15, 0.2) is 12.1 Å². The summed E-state index contributed by atoms with van der Waals surface area (Å²) in [6, 6.07) is 3.90. The number of rotatable bonds is 2. The van der Waals surface area contributed by atoms with Crippen LogP contribution in [-0.2, 0) is 14.3 Å². The molecule has 1 aromatic carbocycles. The SMILES string of the molecule is CCOC(=O)C(=O)Nc1c(C)cc(C)cc1C. The number of ether oxygens (including phenoxy) is 1. The molecule has 1 rings (SSSR count). The summed E-state index contributed by atoms with van der Waals surface area (Å²) in [6.45, 7) is 7.62. The minimum absolute atomic E-state index is 0.193. The molecule has 4 nitrogen and oxygen atoms in total. The number of hydrogen-bond donors (Lipinski definition) is 1. The lowest BCUT2D eigenvalue weighted by atomic mass is 10.1. The zero-order valence-corrected chi connectivity index (χ0v) is 10.6. The molecule has 0 fully saturated rings. The molecule has 0 radical (unpaired) electrons. The summed E-state index contributed by atoms with van der Waals surface area (Å²) in [5, 5.41) is 2.58. The first-order chi connectivity index (χ1) is 7.95. The zero-order valence-electron chi connectivity index (χ0n) is 10.6. The second kappa shape index (κ2) is 5.48. The van der Waals surface area contributed by atoms with E-state index in [0.29, 0.717) is 5.69 Å². The third-order valence-electron chi connectivity index (χ3n) is 2.38. The monoisotopic (exact) mass is 235 g/mol. The second-order valence-corrected chi connectivity index (χ2v) is 3.95. The van der Waals surface area contributed by atoms with Crippen LogP contribution < -0.4 is 5.32 Å². The van der Waals surface area contributed by atoms with Crippen molar-refractivity contribution in [3.63, 3.8) is 0 Å². The van der Waals surface area contributed by atoms with Gasteiger partial charge in [-0.25, -0.2) is 4.79 Å². The Kier molecular flexibility index (Phi) is 4.26. The van der Waals surface area contributed by atoms with E-state index < -0.39 is 11.9 Å². The highest BCUT2D eigenvalue weighted by Crippen LogP contribution is 2.21. The molecule has 4 heteroatoms. The summed E-state index contributed by atoms with van der Waals surface area (Å²) in [6.07, 6.45) is 0. The number of aryl methyl sites for hydroxylation is 3. The first-order valence-corrected chi connectivity index (χ1v) is 5.51. The van der Waals surface area contributed by atoms with Crippen LogP contribution in [0.3, 0.4) is 0 Å². The standard InChI is InChI=1S/C13H17NO3/c1-5-17-13(16)12(15)14-11-9(3)6-8(2)7-10(11)4/h6-7H,5H2,1-4H3,(H,14,15). The Bertz CT molecular complexity index is 429. The summed E-state index contributed by atoms with van der Waals surface area (Å²) < 4.78 is 4.63. The number of anilines is 1. The van der Waals surface area contributed by atoms with Crippen LogP contribution >= 0.6 is 0 Å². The van der Waals surface area contributed by atoms with E-state index in [0.717, 1.165) is 16.7 Å². The van der Waals surface area contributed by atoms with Gasteiger partial charge in [-0.15, -0.1) is 0 Å². The largest absolute Gasteiger partial charge is 0.459 e. The molecule has 0 saturated carbocycles. The van der Waals surface area contributed by atoms with E-state index in [1.165, 1.54) is 0 Å². The van der Waals surface area contributed by atoms with Gasteiger partial charge in [-0.3, -0.25) is 4.79 Å². The van der Waals surface area contributed by atoms with Gasteiger partial charge in [0.2, 0.25) is 0 Å². The van der Waals surface area contributed by atoms with Crippen LogP contribution in [0, 0.1) is 20.8 Å². The summed E-state index contributed by atoms with van der Waals surface area (Å²) >= 11 is 0. The smallest absolute Gasteiger partial charge is 0.397 e. The van der Waals surface area contributed by atoms with Gasteiger partial charge in [0.25, 0.3) is 0 Å². The Hall–Kier alpha value is -1.84. The lowest BCUT2D eigenvalue weighted by Gasteiger charge is -2.12. The summed E-state index contributed by atoms with van der Waals surface area (Å²) in [5.41, 5.74) is 3.66. The molecule has 0 aliphatic rings. The number of hydrogen-bond acceptors (Lipinski definition) is 3. The third-order valence-corrected chi connectivity index (χ3v) is 2.38. The minimum Gasteiger partial charge on any atom is -0.459 e. The van der Waals surface area contributed by atoms with E-state index in [4.69, 9.17) is 0 Å². The van der Waals surface area contributed by atoms with E-state index in [1.54, 1.807) is 6.92 Å². The van der Waals surface area contributed by atoms with E-state index >= 15 is 0 Å². The molecule has 0 heterocycles. The molecule has 0 spiro atoms. The van der Waals surface area contributed by atoms with Crippen LogP contribution in [0.25, 0.3) is 0 Å². The molecule has 17 heavy (non-hydrogen) atoms. The van der Waals surface area contributed by atoms with Crippen LogP contribution in [0.1, 0.15) is 23.6 Å². The van der Waals surface area contributed by atoms with Crippen molar-refractivity contribution in [2.75, 3.05) is 11.9 Å². The maximum absolute atomic E-state index is 11.5. The van der Waals surface area contributed by atoms with Crippen molar-refractivity contribution < 1.29 is 14.3 Å². The molecule has 0 aromatic heterocycles. The normalized spacial score (nSPS) is 9.88. The van der Waals surface area contributed by atoms with Crippen molar-refractivity contribution in [3.05, 3.63) is 28.8 Å². The highest BCUT2D eigenvalue weighted by Gasteiger charge is 2.16. The van der Waals surface area contributed by atoms with Crippen LogP contribution in [0.2, 0.25) is 0 Å². The van der Waals surface area contributed by atoms with Crippen molar-refractivity contribution in [1.29, 1.82) is 0 Å². The van der Waals surface area contributed by atoms with E-state index in [9.17, 15) is 9.59 Å². The first kappa shape index (κ1) is 13.2. The lowest BCUT2D eigenvalue weighted by Crippen LogP contribution is -2.25. The minimum atomic E-state index is -0.855. The molecule has 0 aliphatic carbocycles. The summed E-state index contributed by atoms with van der Waals surface area (Å²) in [7, 11) is 0. The molecular formula is C13H17NO3.